The maximum Gasteiger partial charge on any atom is 0.259 e. The summed E-state index contributed by atoms with van der Waals surface area (Å²) in [5.41, 5.74) is 1.53. The quantitative estimate of drug-likeness (QED) is 0.757. The van der Waals surface area contributed by atoms with E-state index >= 15 is 0 Å². The Morgan fingerprint density at radius 1 is 1.12 bits per heavy atom. The molecule has 1 amide bonds. The van der Waals surface area contributed by atoms with Crippen molar-refractivity contribution in [2.45, 2.75) is 12.7 Å². The summed E-state index contributed by atoms with van der Waals surface area (Å²) in [7, 11) is 0. The molecule has 2 aromatic carbocycles. The highest BCUT2D eigenvalue weighted by Crippen LogP contribution is 2.37. The lowest BCUT2D eigenvalue weighted by Crippen LogP contribution is -2.37. The summed E-state index contributed by atoms with van der Waals surface area (Å²) in [5, 5.41) is 12.2. The first-order valence-electron chi connectivity index (χ1n) is 7.86. The number of carbonyl (C=O) groups is 1. The van der Waals surface area contributed by atoms with Gasteiger partial charge in [0.15, 0.2) is 0 Å². The summed E-state index contributed by atoms with van der Waals surface area (Å²) in [5.74, 6) is 0.628. The van der Waals surface area contributed by atoms with Crippen molar-refractivity contribution in [3.8, 4) is 0 Å². The first-order chi connectivity index (χ1) is 11.7. The van der Waals surface area contributed by atoms with E-state index in [9.17, 15) is 9.90 Å². The van der Waals surface area contributed by atoms with Gasteiger partial charge in [0.05, 0.1) is 31.2 Å². The number of benzene rings is 2. The predicted molar refractivity (Wildman–Crippen MR) is 90.0 cm³/mol. The number of amides is 1. The summed E-state index contributed by atoms with van der Waals surface area (Å²) in [6.45, 7) is 0.634. The van der Waals surface area contributed by atoms with Crippen LogP contribution >= 0.6 is 0 Å². The first-order valence-corrected chi connectivity index (χ1v) is 7.86. The number of rotatable bonds is 6. The fraction of sp³-hybridized carbons (Fsp3) is 0.211. The Morgan fingerprint density at radius 3 is 2.75 bits per heavy atom. The van der Waals surface area contributed by atoms with Crippen LogP contribution in [-0.4, -0.2) is 30.3 Å². The Bertz CT molecular complexity index is 867. The molecule has 0 saturated heterocycles. The number of carbonyl (C=O) groups excluding carboxylic acids is 1. The van der Waals surface area contributed by atoms with Crippen molar-refractivity contribution in [1.29, 1.82) is 0 Å². The molecule has 1 N–H and O–H groups in total. The molecule has 1 aliphatic rings. The van der Waals surface area contributed by atoms with E-state index in [2.05, 4.69) is 0 Å². The third kappa shape index (κ3) is 2.58. The number of furan rings is 1. The fourth-order valence-electron chi connectivity index (χ4n) is 3.11. The highest BCUT2D eigenvalue weighted by molar-refractivity contribution is 6.25. The second-order valence-corrected chi connectivity index (χ2v) is 5.84. The number of hydrogen-bond donors (Lipinski definition) is 1. The first kappa shape index (κ1) is 14.9. The van der Waals surface area contributed by atoms with Crippen LogP contribution in [0.4, 0.5) is 5.69 Å². The van der Waals surface area contributed by atoms with Crippen molar-refractivity contribution in [3.05, 3.63) is 66.1 Å². The minimum Gasteiger partial charge on any atom is -0.467 e. The molecule has 1 aromatic heterocycles. The molecule has 4 rings (SSSR count). The van der Waals surface area contributed by atoms with Crippen LogP contribution in [0, 0.1) is 0 Å². The molecule has 5 heteroatoms. The Kier molecular flexibility index (Phi) is 3.80. The SMILES string of the molecule is O=C1c2cccc3cccc(c23)N1C[C@@H](O)COCc1ccco1. The van der Waals surface area contributed by atoms with Gasteiger partial charge in [-0.2, -0.15) is 0 Å². The van der Waals surface area contributed by atoms with Gasteiger partial charge in [-0.3, -0.25) is 4.79 Å². The molecule has 5 nitrogen and oxygen atoms in total. The number of hydrogen-bond acceptors (Lipinski definition) is 4. The van der Waals surface area contributed by atoms with Gasteiger partial charge in [0.1, 0.15) is 12.4 Å². The molecule has 0 aliphatic carbocycles. The largest absolute Gasteiger partial charge is 0.467 e. The van der Waals surface area contributed by atoms with E-state index in [1.54, 1.807) is 17.2 Å². The molecule has 0 radical (unpaired) electrons. The second kappa shape index (κ2) is 6.11. The van der Waals surface area contributed by atoms with E-state index in [-0.39, 0.29) is 19.1 Å². The minimum atomic E-state index is -0.770. The van der Waals surface area contributed by atoms with Gasteiger partial charge in [0, 0.05) is 10.9 Å². The van der Waals surface area contributed by atoms with Crippen molar-refractivity contribution in [1.82, 2.24) is 0 Å². The van der Waals surface area contributed by atoms with Crippen molar-refractivity contribution < 1.29 is 19.1 Å². The summed E-state index contributed by atoms with van der Waals surface area (Å²) in [6.07, 6.45) is 0.809. The maximum atomic E-state index is 12.6. The molecule has 122 valence electrons. The Balaban J connectivity index is 1.45. The summed E-state index contributed by atoms with van der Waals surface area (Å²) in [6, 6.07) is 15.1. The Labute approximate surface area is 139 Å². The Morgan fingerprint density at radius 2 is 1.96 bits per heavy atom. The van der Waals surface area contributed by atoms with Crippen LogP contribution in [0.5, 0.6) is 0 Å². The molecular weight excluding hydrogens is 306 g/mol. The second-order valence-electron chi connectivity index (χ2n) is 5.84. The van der Waals surface area contributed by atoms with Gasteiger partial charge in [0.2, 0.25) is 0 Å². The maximum absolute atomic E-state index is 12.6. The molecule has 3 aromatic rings. The molecule has 1 atom stereocenters. The highest BCUT2D eigenvalue weighted by atomic mass is 16.5. The monoisotopic (exact) mass is 323 g/mol. The van der Waals surface area contributed by atoms with Crippen LogP contribution in [0.2, 0.25) is 0 Å². The standard InChI is InChI=1S/C19H17NO4/c21-14(11-23-12-15-6-3-9-24-15)10-20-17-8-2-5-13-4-1-7-16(18(13)17)19(20)22/h1-9,14,21H,10-12H2/t14-/m1/s1. The molecule has 0 bridgehead atoms. The van der Waals surface area contributed by atoms with Gasteiger partial charge in [0.25, 0.3) is 5.91 Å². The summed E-state index contributed by atoms with van der Waals surface area (Å²) in [4.78, 5) is 14.3. The van der Waals surface area contributed by atoms with E-state index in [1.807, 2.05) is 42.5 Å². The lowest BCUT2D eigenvalue weighted by Gasteiger charge is -2.21. The predicted octanol–water partition coefficient (Wildman–Crippen LogP) is 2.97. The number of aliphatic hydroxyl groups is 1. The van der Waals surface area contributed by atoms with Crippen molar-refractivity contribution in [3.63, 3.8) is 0 Å². The van der Waals surface area contributed by atoms with Gasteiger partial charge < -0.3 is 19.2 Å². The average molecular weight is 323 g/mol. The van der Waals surface area contributed by atoms with E-state index in [0.717, 1.165) is 16.5 Å². The van der Waals surface area contributed by atoms with Gasteiger partial charge in [-0.25, -0.2) is 0 Å². The van der Waals surface area contributed by atoms with Gasteiger partial charge in [-0.15, -0.1) is 0 Å². The molecule has 24 heavy (non-hydrogen) atoms. The smallest absolute Gasteiger partial charge is 0.259 e. The summed E-state index contributed by atoms with van der Waals surface area (Å²) < 4.78 is 10.6. The topological polar surface area (TPSA) is 62.9 Å². The number of nitrogens with zero attached hydrogens (tertiary/aromatic N) is 1. The minimum absolute atomic E-state index is 0.0770. The van der Waals surface area contributed by atoms with E-state index in [4.69, 9.17) is 9.15 Å². The summed E-state index contributed by atoms with van der Waals surface area (Å²) >= 11 is 0. The van der Waals surface area contributed by atoms with Crippen molar-refractivity contribution >= 4 is 22.4 Å². The molecule has 2 heterocycles. The van der Waals surface area contributed by atoms with Crippen LogP contribution < -0.4 is 4.90 Å². The van der Waals surface area contributed by atoms with Gasteiger partial charge in [-0.1, -0.05) is 24.3 Å². The highest BCUT2D eigenvalue weighted by Gasteiger charge is 2.30. The zero-order valence-corrected chi connectivity index (χ0v) is 13.0. The molecular formula is C19H17NO4. The lowest BCUT2D eigenvalue weighted by atomic mass is 10.1. The van der Waals surface area contributed by atoms with E-state index < -0.39 is 6.10 Å². The van der Waals surface area contributed by atoms with Crippen LogP contribution in [0.1, 0.15) is 16.1 Å². The van der Waals surface area contributed by atoms with Crippen LogP contribution in [0.3, 0.4) is 0 Å². The number of β-amino-alcohol motifs (C(OH)–C–C–N with tert-alkyl or cyclic N) is 1. The van der Waals surface area contributed by atoms with Crippen LogP contribution in [0.25, 0.3) is 10.8 Å². The van der Waals surface area contributed by atoms with Gasteiger partial charge in [-0.05, 0) is 29.7 Å². The third-order valence-corrected chi connectivity index (χ3v) is 4.18. The molecule has 0 saturated carbocycles. The average Bonchev–Trinajstić information content (AvgIpc) is 3.19. The molecule has 0 unspecified atom stereocenters. The lowest BCUT2D eigenvalue weighted by molar-refractivity contribution is 0.0254. The fourth-order valence-corrected chi connectivity index (χ4v) is 3.11. The number of anilines is 1. The van der Waals surface area contributed by atoms with Crippen LogP contribution in [0.15, 0.2) is 59.2 Å². The normalized spacial score (nSPS) is 14.5. The van der Waals surface area contributed by atoms with Crippen molar-refractivity contribution in [2.75, 3.05) is 18.1 Å². The van der Waals surface area contributed by atoms with Crippen LogP contribution in [-0.2, 0) is 11.3 Å². The third-order valence-electron chi connectivity index (χ3n) is 4.18. The zero-order chi connectivity index (χ0) is 16.5. The Hall–Kier alpha value is -2.63. The molecule has 1 aliphatic heterocycles. The number of aliphatic hydroxyl groups excluding tert-OH is 1. The van der Waals surface area contributed by atoms with E-state index in [0.29, 0.717) is 17.9 Å². The van der Waals surface area contributed by atoms with E-state index in [1.165, 1.54) is 0 Å². The molecule has 0 fully saturated rings. The number of ether oxygens (including phenoxy) is 1. The zero-order valence-electron chi connectivity index (χ0n) is 13.0. The van der Waals surface area contributed by atoms with Crippen molar-refractivity contribution in [2.24, 2.45) is 0 Å². The molecule has 0 spiro atoms. The van der Waals surface area contributed by atoms with Gasteiger partial charge >= 0.3 is 0 Å².